The van der Waals surface area contributed by atoms with Gasteiger partial charge in [0.1, 0.15) is 6.54 Å². The van der Waals surface area contributed by atoms with Gasteiger partial charge in [-0.05, 0) is 50.1 Å². The summed E-state index contributed by atoms with van der Waals surface area (Å²) in [6.07, 6.45) is 5.54. The minimum absolute atomic E-state index is 0.187. The zero-order valence-electron chi connectivity index (χ0n) is 16.2. The van der Waals surface area contributed by atoms with Gasteiger partial charge >= 0.3 is 0 Å². The quantitative estimate of drug-likeness (QED) is 0.261. The highest BCUT2D eigenvalue weighted by Crippen LogP contribution is 2.57. The molecular formula is C22H23NO3PS2+. The van der Waals surface area contributed by atoms with Gasteiger partial charge in [-0.3, -0.25) is 4.55 Å². The number of rotatable bonds is 6. The van der Waals surface area contributed by atoms with Crippen molar-refractivity contribution in [2.24, 2.45) is 0 Å². The van der Waals surface area contributed by atoms with Crippen molar-refractivity contribution in [2.75, 3.05) is 12.4 Å². The molecule has 150 valence electrons. The SMILES string of the molecule is CP1C(=Cc2cc[n+](CCCCS(=O)(=O)O)c3ccccc23)Sc2ccccc21. The van der Waals surface area contributed by atoms with Crippen molar-refractivity contribution >= 4 is 52.1 Å². The fraction of sp³-hybridized carbons (Fsp3) is 0.227. The van der Waals surface area contributed by atoms with Crippen LogP contribution in [0, 0.1) is 0 Å². The summed E-state index contributed by atoms with van der Waals surface area (Å²) >= 11 is 1.87. The number of hydrogen-bond donors (Lipinski definition) is 1. The van der Waals surface area contributed by atoms with E-state index in [1.807, 2.05) is 17.8 Å². The van der Waals surface area contributed by atoms with Crippen LogP contribution in [0.4, 0.5) is 0 Å². The first-order valence-corrected chi connectivity index (χ1v) is 13.7. The first-order chi connectivity index (χ1) is 13.9. The van der Waals surface area contributed by atoms with E-state index in [4.69, 9.17) is 4.55 Å². The van der Waals surface area contributed by atoms with Crippen LogP contribution < -0.4 is 9.87 Å². The first kappa shape index (κ1) is 20.5. The van der Waals surface area contributed by atoms with Crippen LogP contribution in [0.15, 0.2) is 70.3 Å². The number of unbranched alkanes of at least 4 members (excludes halogenated alkanes) is 1. The first-order valence-electron chi connectivity index (χ1n) is 9.51. The second-order valence-electron chi connectivity index (χ2n) is 7.09. The molecule has 4 nitrogen and oxygen atoms in total. The average molecular weight is 445 g/mol. The van der Waals surface area contributed by atoms with E-state index in [0.29, 0.717) is 19.4 Å². The van der Waals surface area contributed by atoms with E-state index in [-0.39, 0.29) is 13.7 Å². The molecule has 0 bridgehead atoms. The molecule has 0 saturated heterocycles. The van der Waals surface area contributed by atoms with Crippen molar-refractivity contribution in [3.63, 3.8) is 0 Å². The van der Waals surface area contributed by atoms with E-state index < -0.39 is 10.1 Å². The minimum Gasteiger partial charge on any atom is -0.286 e. The van der Waals surface area contributed by atoms with Crippen molar-refractivity contribution in [2.45, 2.75) is 24.3 Å². The topological polar surface area (TPSA) is 58.2 Å². The number of pyridine rings is 1. The Bertz CT molecular complexity index is 1190. The van der Waals surface area contributed by atoms with Crippen LogP contribution >= 0.6 is 19.7 Å². The molecule has 0 fully saturated rings. The Morgan fingerprint density at radius 3 is 2.62 bits per heavy atom. The van der Waals surface area contributed by atoms with E-state index in [2.05, 4.69) is 72.0 Å². The Morgan fingerprint density at radius 1 is 1.07 bits per heavy atom. The van der Waals surface area contributed by atoms with Crippen molar-refractivity contribution in [3.05, 3.63) is 71.0 Å². The second-order valence-corrected chi connectivity index (χ2v) is 12.1. The molecule has 1 aliphatic heterocycles. The molecule has 2 heterocycles. The summed E-state index contributed by atoms with van der Waals surface area (Å²) in [5.41, 5.74) is 2.34. The van der Waals surface area contributed by atoms with Crippen molar-refractivity contribution in [1.29, 1.82) is 0 Å². The Hall–Kier alpha value is -1.72. The smallest absolute Gasteiger partial charge is 0.264 e. The van der Waals surface area contributed by atoms with Gasteiger partial charge in [0.05, 0.1) is 11.1 Å². The normalized spacial score (nSPS) is 17.7. The molecular weight excluding hydrogens is 421 g/mol. The molecule has 1 N–H and O–H groups in total. The van der Waals surface area contributed by atoms with Gasteiger partial charge in [0.15, 0.2) is 6.20 Å². The third-order valence-corrected chi connectivity index (χ3v) is 9.92. The van der Waals surface area contributed by atoms with Gasteiger partial charge in [0.25, 0.3) is 10.1 Å². The summed E-state index contributed by atoms with van der Waals surface area (Å²) in [6, 6.07) is 19.1. The third kappa shape index (κ3) is 4.72. The summed E-state index contributed by atoms with van der Waals surface area (Å²) < 4.78 is 34.3. The molecule has 4 rings (SSSR count). The maximum Gasteiger partial charge on any atom is 0.264 e. The highest BCUT2D eigenvalue weighted by Gasteiger charge is 2.24. The molecule has 0 amide bonds. The monoisotopic (exact) mass is 444 g/mol. The highest BCUT2D eigenvalue weighted by atomic mass is 32.2. The Labute approximate surface area is 177 Å². The molecule has 7 heteroatoms. The van der Waals surface area contributed by atoms with Crippen LogP contribution in [-0.2, 0) is 16.7 Å². The molecule has 1 aliphatic rings. The summed E-state index contributed by atoms with van der Waals surface area (Å²) in [7, 11) is -4.20. The number of aryl methyl sites for hydroxylation is 1. The van der Waals surface area contributed by atoms with Gasteiger partial charge < -0.3 is 0 Å². The fourth-order valence-corrected chi connectivity index (χ4v) is 7.85. The van der Waals surface area contributed by atoms with Gasteiger partial charge in [-0.1, -0.05) is 42.1 Å². The van der Waals surface area contributed by atoms with Crippen LogP contribution in [0.5, 0.6) is 0 Å². The van der Waals surface area contributed by atoms with E-state index in [0.717, 1.165) is 5.52 Å². The number of nitrogens with zero attached hydrogens (tertiary/aromatic N) is 1. The zero-order valence-corrected chi connectivity index (χ0v) is 18.7. The third-order valence-electron chi connectivity index (χ3n) is 5.06. The molecule has 0 saturated carbocycles. The van der Waals surface area contributed by atoms with Crippen molar-refractivity contribution in [3.8, 4) is 0 Å². The Morgan fingerprint density at radius 2 is 1.83 bits per heavy atom. The van der Waals surface area contributed by atoms with Gasteiger partial charge in [-0.2, -0.15) is 13.0 Å². The molecule has 29 heavy (non-hydrogen) atoms. The van der Waals surface area contributed by atoms with E-state index >= 15 is 0 Å². The van der Waals surface area contributed by atoms with E-state index in [1.54, 1.807) is 0 Å². The molecule has 1 unspecified atom stereocenters. The lowest BCUT2D eigenvalue weighted by atomic mass is 10.1. The lowest BCUT2D eigenvalue weighted by molar-refractivity contribution is -0.671. The maximum atomic E-state index is 10.9. The Balaban J connectivity index is 1.61. The molecule has 0 aliphatic carbocycles. The van der Waals surface area contributed by atoms with Gasteiger partial charge in [-0.15, -0.1) is 0 Å². The molecule has 1 aromatic heterocycles. The summed E-state index contributed by atoms with van der Waals surface area (Å²) in [5.74, 6) is -0.187. The summed E-state index contributed by atoms with van der Waals surface area (Å²) in [5, 5.41) is 2.64. The summed E-state index contributed by atoms with van der Waals surface area (Å²) in [4.78, 5) is 1.36. The molecule has 2 aromatic carbocycles. The van der Waals surface area contributed by atoms with Crippen LogP contribution in [0.3, 0.4) is 0 Å². The van der Waals surface area contributed by atoms with Crippen LogP contribution in [0.2, 0.25) is 0 Å². The second kappa shape index (κ2) is 8.57. The number of hydrogen-bond acceptors (Lipinski definition) is 3. The van der Waals surface area contributed by atoms with Crippen LogP contribution in [0.25, 0.3) is 17.0 Å². The number of fused-ring (bicyclic) bond motifs is 2. The molecule has 0 radical (unpaired) electrons. The number of aromatic nitrogens is 1. The predicted octanol–water partition coefficient (Wildman–Crippen LogP) is 4.64. The van der Waals surface area contributed by atoms with Crippen LogP contribution in [-0.4, -0.2) is 25.4 Å². The zero-order chi connectivity index (χ0) is 20.4. The lowest BCUT2D eigenvalue weighted by Crippen LogP contribution is -2.34. The minimum atomic E-state index is -3.89. The summed E-state index contributed by atoms with van der Waals surface area (Å²) in [6.45, 7) is 3.04. The lowest BCUT2D eigenvalue weighted by Gasteiger charge is -2.08. The maximum absolute atomic E-state index is 10.9. The molecule has 3 aromatic rings. The van der Waals surface area contributed by atoms with Gasteiger partial charge in [0, 0.05) is 28.1 Å². The number of para-hydroxylation sites is 1. The fourth-order valence-electron chi connectivity index (χ4n) is 3.58. The van der Waals surface area contributed by atoms with Crippen molar-refractivity contribution < 1.29 is 17.5 Å². The average Bonchev–Trinajstić information content (AvgIpc) is 3.01. The van der Waals surface area contributed by atoms with Crippen molar-refractivity contribution in [1.82, 2.24) is 0 Å². The van der Waals surface area contributed by atoms with Crippen LogP contribution in [0.1, 0.15) is 18.4 Å². The number of benzene rings is 2. The highest BCUT2D eigenvalue weighted by molar-refractivity contribution is 8.14. The molecule has 1 atom stereocenters. The van der Waals surface area contributed by atoms with E-state index in [9.17, 15) is 8.42 Å². The van der Waals surface area contributed by atoms with E-state index in [1.165, 1.54) is 25.8 Å². The standard InChI is InChI=1S/C22H22NO3PS2/c1-27-20-10-4-5-11-21(20)28-22(27)16-17-12-14-23(13-6-7-15-29(24,25)26)19-9-3-2-8-18(17)19/h2-5,8-12,14,16H,6-7,13,15H2,1H3/p+1. The Kier molecular flexibility index (Phi) is 6.07. The number of thioether (sulfide) groups is 1. The molecule has 0 spiro atoms. The van der Waals surface area contributed by atoms with Gasteiger partial charge in [0.2, 0.25) is 5.52 Å². The largest absolute Gasteiger partial charge is 0.286 e. The predicted molar refractivity (Wildman–Crippen MR) is 123 cm³/mol. The van der Waals surface area contributed by atoms with Gasteiger partial charge in [-0.25, -0.2) is 0 Å².